The second kappa shape index (κ2) is 12.8. The molecular weight excluding hydrogens is 600 g/mol. The molecule has 45 heavy (non-hydrogen) atoms. The number of nitrogens with two attached hydrogens (primary N) is 1. The molecule has 1 aliphatic heterocycles. The molecule has 14 heteroatoms. The van der Waals surface area contributed by atoms with Gasteiger partial charge in [-0.25, -0.2) is 9.59 Å². The van der Waals surface area contributed by atoms with Crippen LogP contribution in [-0.4, -0.2) is 91.2 Å². The van der Waals surface area contributed by atoms with Gasteiger partial charge in [0.15, 0.2) is 0 Å². The zero-order valence-electron chi connectivity index (χ0n) is 28.1. The van der Waals surface area contributed by atoms with E-state index in [9.17, 15) is 27.6 Å². The number of urea groups is 1. The van der Waals surface area contributed by atoms with Crippen LogP contribution in [-0.2, 0) is 31.1 Å². The molecule has 1 aromatic rings. The maximum atomic E-state index is 13.8. The first kappa shape index (κ1) is 36.1. The number of carbonyl (C=O) groups excluding carboxylic acids is 4. The van der Waals surface area contributed by atoms with Gasteiger partial charge < -0.3 is 26.0 Å². The van der Waals surface area contributed by atoms with Gasteiger partial charge in [0.05, 0.1) is 0 Å². The zero-order chi connectivity index (χ0) is 34.3. The molecule has 5 amide bonds. The van der Waals surface area contributed by atoms with Gasteiger partial charge >= 0.3 is 22.3 Å². The fourth-order valence-electron chi connectivity index (χ4n) is 5.99. The van der Waals surface area contributed by atoms with Crippen molar-refractivity contribution in [3.05, 3.63) is 35.9 Å². The Kier molecular flexibility index (Phi) is 10.2. The predicted molar refractivity (Wildman–Crippen MR) is 170 cm³/mol. The van der Waals surface area contributed by atoms with Gasteiger partial charge in [-0.05, 0) is 33.6 Å². The van der Waals surface area contributed by atoms with E-state index in [1.165, 1.54) is 11.9 Å². The summed E-state index contributed by atoms with van der Waals surface area (Å²) in [5.74, 6) is -0.827. The van der Waals surface area contributed by atoms with Gasteiger partial charge in [0.1, 0.15) is 18.7 Å². The normalized spacial score (nSPS) is 22.2. The minimum Gasteiger partial charge on any atom is -0.444 e. The summed E-state index contributed by atoms with van der Waals surface area (Å²) >= 11 is 0. The van der Waals surface area contributed by atoms with Crippen LogP contribution < -0.4 is 16.4 Å². The van der Waals surface area contributed by atoms with Crippen LogP contribution in [0.1, 0.15) is 61.0 Å². The molecule has 1 aliphatic carbocycles. The van der Waals surface area contributed by atoms with Gasteiger partial charge in [-0.1, -0.05) is 85.7 Å². The summed E-state index contributed by atoms with van der Waals surface area (Å²) in [5, 5.41) is 5.62. The standard InChI is InChI=1S/C31H50N6O7S/c1-29(2,3)21(17-35(9)45(42,43)36(10)28(41)44-18-19-14-12-11-13-15-19)33-27(40)34-24(30(4,5)6)26(39)37-16-20-22(31(20,7)8)23(37)25(32)38/h11-15,20-24H,16-18H2,1-10H3,(H2,32,38)(H2,33,34,40)/t20-,21+,22-,23-,24+/m0/s1. The lowest BCUT2D eigenvalue weighted by atomic mass is 9.85. The average Bonchev–Trinajstić information content (AvgIpc) is 3.24. The third kappa shape index (κ3) is 7.89. The first-order chi connectivity index (χ1) is 20.5. The number of benzene rings is 1. The second-order valence-electron chi connectivity index (χ2n) is 14.9. The van der Waals surface area contributed by atoms with Gasteiger partial charge in [-0.3, -0.25) is 9.59 Å². The number of amides is 5. The Balaban J connectivity index is 1.70. The van der Waals surface area contributed by atoms with Crippen LogP contribution >= 0.6 is 0 Å². The van der Waals surface area contributed by atoms with Crippen molar-refractivity contribution in [2.24, 2.45) is 33.8 Å². The van der Waals surface area contributed by atoms with Gasteiger partial charge in [-0.15, -0.1) is 0 Å². The number of ether oxygens (including phenoxy) is 1. The SMILES string of the molecule is CN(C[C@@H](NC(=O)N[C@H](C(=O)N1C[C@H]2[C@@H]([C@H]1C(N)=O)C2(C)C)C(C)(C)C)C(C)(C)C)S(=O)(=O)N(C)C(=O)OCc1ccccc1. The number of likely N-dealkylation sites (tertiary alicyclic amines) is 1. The molecular formula is C31H50N6O7S. The number of hydrogen-bond donors (Lipinski definition) is 3. The molecule has 3 rings (SSSR count). The van der Waals surface area contributed by atoms with Crippen LogP contribution in [0, 0.1) is 28.1 Å². The largest absolute Gasteiger partial charge is 0.444 e. The fraction of sp³-hybridized carbons (Fsp3) is 0.677. The van der Waals surface area contributed by atoms with Crippen LogP contribution in [0.4, 0.5) is 9.59 Å². The topological polar surface area (TPSA) is 171 Å². The van der Waals surface area contributed by atoms with Crippen molar-refractivity contribution in [3.8, 4) is 0 Å². The zero-order valence-corrected chi connectivity index (χ0v) is 28.9. The van der Waals surface area contributed by atoms with Gasteiger partial charge in [-0.2, -0.15) is 17.0 Å². The van der Waals surface area contributed by atoms with E-state index < -0.39 is 63.1 Å². The first-order valence-corrected chi connectivity index (χ1v) is 16.5. The van der Waals surface area contributed by atoms with Crippen LogP contribution in [0.5, 0.6) is 0 Å². The Morgan fingerprint density at radius 1 is 1.02 bits per heavy atom. The quantitative estimate of drug-likeness (QED) is 0.349. The molecule has 4 N–H and O–H groups in total. The van der Waals surface area contributed by atoms with Gasteiger partial charge in [0.25, 0.3) is 0 Å². The molecule has 0 unspecified atom stereocenters. The smallest absolute Gasteiger partial charge is 0.424 e. The third-order valence-corrected chi connectivity index (χ3v) is 10.9. The highest BCUT2D eigenvalue weighted by atomic mass is 32.2. The Morgan fingerprint density at radius 3 is 2.11 bits per heavy atom. The van der Waals surface area contributed by atoms with Gasteiger partial charge in [0.2, 0.25) is 11.8 Å². The molecule has 1 saturated carbocycles. The Bertz CT molecular complexity index is 1390. The number of nitrogens with one attached hydrogen (secondary N) is 2. The molecule has 13 nitrogen and oxygen atoms in total. The van der Waals surface area contributed by atoms with E-state index in [2.05, 4.69) is 24.5 Å². The summed E-state index contributed by atoms with van der Waals surface area (Å²) in [6, 6.07) is 5.72. The number of rotatable bonds is 10. The highest BCUT2D eigenvalue weighted by Gasteiger charge is 2.69. The highest BCUT2D eigenvalue weighted by molar-refractivity contribution is 7.87. The van der Waals surface area contributed by atoms with Crippen molar-refractivity contribution in [2.75, 3.05) is 27.2 Å². The van der Waals surface area contributed by atoms with E-state index >= 15 is 0 Å². The summed E-state index contributed by atoms with van der Waals surface area (Å²) < 4.78 is 33.2. The van der Waals surface area contributed by atoms with Crippen molar-refractivity contribution in [2.45, 2.75) is 80.1 Å². The van der Waals surface area contributed by atoms with Gasteiger partial charge in [0, 0.05) is 33.2 Å². The fourth-order valence-corrected chi connectivity index (χ4v) is 6.98. The predicted octanol–water partition coefficient (Wildman–Crippen LogP) is 2.53. The molecule has 5 atom stereocenters. The lowest BCUT2D eigenvalue weighted by molar-refractivity contribution is -0.142. The van der Waals surface area contributed by atoms with E-state index in [1.54, 1.807) is 24.3 Å². The molecule has 0 radical (unpaired) electrons. The summed E-state index contributed by atoms with van der Waals surface area (Å²) in [4.78, 5) is 53.8. The number of carbonyl (C=O) groups is 4. The monoisotopic (exact) mass is 650 g/mol. The summed E-state index contributed by atoms with van der Waals surface area (Å²) in [6.07, 6.45) is -1.05. The maximum absolute atomic E-state index is 13.8. The summed E-state index contributed by atoms with van der Waals surface area (Å²) in [5.41, 5.74) is 5.00. The molecule has 1 saturated heterocycles. The molecule has 1 heterocycles. The highest BCUT2D eigenvalue weighted by Crippen LogP contribution is 2.64. The minimum absolute atomic E-state index is 0.0232. The summed E-state index contributed by atoms with van der Waals surface area (Å²) in [6.45, 7) is 15.1. The molecule has 0 bridgehead atoms. The average molecular weight is 651 g/mol. The number of nitrogens with zero attached hydrogens (tertiary/aromatic N) is 3. The van der Waals surface area contributed by atoms with Crippen molar-refractivity contribution < 1.29 is 32.3 Å². The van der Waals surface area contributed by atoms with Crippen LogP contribution in [0.15, 0.2) is 30.3 Å². The molecule has 1 aromatic carbocycles. The number of likely N-dealkylation sites (N-methyl/N-ethyl adjacent to an activating group) is 1. The lowest BCUT2D eigenvalue weighted by Gasteiger charge is -2.38. The lowest BCUT2D eigenvalue weighted by Crippen LogP contribution is -2.62. The number of primary amides is 1. The van der Waals surface area contributed by atoms with Crippen LogP contribution in [0.25, 0.3) is 0 Å². The molecule has 2 fully saturated rings. The molecule has 2 aliphatic rings. The van der Waals surface area contributed by atoms with E-state index in [1.807, 2.05) is 47.6 Å². The number of piperidine rings is 1. The van der Waals surface area contributed by atoms with E-state index in [0.29, 0.717) is 16.4 Å². The van der Waals surface area contributed by atoms with Crippen LogP contribution in [0.2, 0.25) is 0 Å². The Hall–Kier alpha value is -3.39. The van der Waals surface area contributed by atoms with E-state index in [0.717, 1.165) is 11.4 Å². The van der Waals surface area contributed by atoms with Crippen molar-refractivity contribution >= 4 is 34.1 Å². The van der Waals surface area contributed by atoms with Crippen molar-refractivity contribution in [1.29, 1.82) is 0 Å². The van der Waals surface area contributed by atoms with Crippen molar-refractivity contribution in [3.63, 3.8) is 0 Å². The summed E-state index contributed by atoms with van der Waals surface area (Å²) in [7, 11) is -1.90. The van der Waals surface area contributed by atoms with E-state index in [-0.39, 0.29) is 30.4 Å². The number of hydrogen-bond acceptors (Lipinski definition) is 7. The Morgan fingerprint density at radius 2 is 1.60 bits per heavy atom. The van der Waals surface area contributed by atoms with E-state index in [4.69, 9.17) is 10.5 Å². The maximum Gasteiger partial charge on any atom is 0.424 e. The Labute approximate surface area is 267 Å². The molecule has 0 aromatic heterocycles. The third-order valence-electron chi connectivity index (χ3n) is 9.16. The first-order valence-electron chi connectivity index (χ1n) is 15.1. The van der Waals surface area contributed by atoms with Crippen molar-refractivity contribution in [1.82, 2.24) is 24.1 Å². The second-order valence-corrected chi connectivity index (χ2v) is 17.0. The minimum atomic E-state index is -4.31. The number of fused-ring (bicyclic) bond motifs is 1. The molecule has 252 valence electrons. The van der Waals surface area contributed by atoms with Crippen LogP contribution in [0.3, 0.4) is 0 Å². The molecule has 0 spiro atoms.